The molecule has 2 aromatic carbocycles. The summed E-state index contributed by atoms with van der Waals surface area (Å²) in [7, 11) is 0. The summed E-state index contributed by atoms with van der Waals surface area (Å²) in [6.07, 6.45) is 2.67. The minimum atomic E-state index is -0.171. The maximum Gasteiger partial charge on any atom is 0.264 e. The molecular weight excluding hydrogens is 390 g/mol. The lowest BCUT2D eigenvalue weighted by atomic mass is 10.2. The number of aromatic nitrogens is 4. The third-order valence-corrected chi connectivity index (χ3v) is 5.89. The molecule has 7 nitrogen and oxygen atoms in total. The molecular formula is C24H23N5O2. The molecule has 0 N–H and O–H groups in total. The topological polar surface area (TPSA) is 73.0 Å². The van der Waals surface area contributed by atoms with Crippen molar-refractivity contribution in [2.75, 3.05) is 11.4 Å². The summed E-state index contributed by atoms with van der Waals surface area (Å²) < 4.78 is 3.25. The van der Waals surface area contributed by atoms with Crippen LogP contribution in [0.5, 0.6) is 0 Å². The first-order chi connectivity index (χ1) is 15.0. The Labute approximate surface area is 179 Å². The summed E-state index contributed by atoms with van der Waals surface area (Å²) in [5, 5.41) is 4.84. The number of carbonyl (C=O) groups is 1. The third kappa shape index (κ3) is 3.32. The van der Waals surface area contributed by atoms with Crippen LogP contribution in [-0.4, -0.2) is 31.8 Å². The molecule has 31 heavy (non-hydrogen) atoms. The van der Waals surface area contributed by atoms with Gasteiger partial charge in [0.25, 0.3) is 5.56 Å². The smallest absolute Gasteiger partial charge is 0.264 e. The second kappa shape index (κ2) is 7.50. The van der Waals surface area contributed by atoms with E-state index in [2.05, 4.69) is 16.1 Å². The van der Waals surface area contributed by atoms with Gasteiger partial charge in [-0.3, -0.25) is 14.2 Å². The Hall–Kier alpha value is -3.74. The van der Waals surface area contributed by atoms with Gasteiger partial charge in [0.2, 0.25) is 5.91 Å². The minimum absolute atomic E-state index is 0.0201. The average Bonchev–Trinajstić information content (AvgIpc) is 3.38. The molecule has 7 heteroatoms. The van der Waals surface area contributed by atoms with E-state index < -0.39 is 0 Å². The highest BCUT2D eigenvalue weighted by Gasteiger charge is 2.24. The summed E-state index contributed by atoms with van der Waals surface area (Å²) in [6.45, 7) is 4.80. The van der Waals surface area contributed by atoms with Crippen molar-refractivity contribution in [3.63, 3.8) is 0 Å². The molecule has 4 aromatic rings. The maximum atomic E-state index is 13.1. The van der Waals surface area contributed by atoms with Crippen LogP contribution >= 0.6 is 0 Å². The Morgan fingerprint density at radius 3 is 2.65 bits per heavy atom. The fourth-order valence-corrected chi connectivity index (χ4v) is 4.18. The van der Waals surface area contributed by atoms with Crippen LogP contribution in [0.3, 0.4) is 0 Å². The minimum Gasteiger partial charge on any atom is -0.312 e. The van der Waals surface area contributed by atoms with E-state index in [9.17, 15) is 9.59 Å². The third-order valence-electron chi connectivity index (χ3n) is 5.89. The second-order valence-corrected chi connectivity index (χ2v) is 7.92. The molecule has 156 valence electrons. The number of rotatable bonds is 4. The monoisotopic (exact) mass is 413 g/mol. The molecule has 5 rings (SSSR count). The van der Waals surface area contributed by atoms with Gasteiger partial charge in [-0.25, -0.2) is 9.67 Å². The maximum absolute atomic E-state index is 13.1. The van der Waals surface area contributed by atoms with Crippen LogP contribution < -0.4 is 10.5 Å². The lowest BCUT2D eigenvalue weighted by Crippen LogP contribution is -2.32. The van der Waals surface area contributed by atoms with Gasteiger partial charge in [0.15, 0.2) is 5.65 Å². The molecule has 0 atom stereocenters. The summed E-state index contributed by atoms with van der Waals surface area (Å²) in [4.78, 5) is 32.4. The van der Waals surface area contributed by atoms with Crippen LogP contribution in [0.2, 0.25) is 0 Å². The number of para-hydroxylation sites is 1. The van der Waals surface area contributed by atoms with Crippen LogP contribution in [0.1, 0.15) is 23.4 Å². The van der Waals surface area contributed by atoms with Gasteiger partial charge in [0.05, 0.1) is 11.9 Å². The van der Waals surface area contributed by atoms with E-state index >= 15 is 0 Å². The average molecular weight is 413 g/mol. The Bertz CT molecular complexity index is 1350. The van der Waals surface area contributed by atoms with E-state index in [1.54, 1.807) is 22.4 Å². The van der Waals surface area contributed by atoms with Crippen molar-refractivity contribution in [1.29, 1.82) is 0 Å². The highest BCUT2D eigenvalue weighted by Crippen LogP contribution is 2.28. The molecule has 0 fully saturated rings. The zero-order chi connectivity index (χ0) is 21.5. The molecule has 1 amide bonds. The highest BCUT2D eigenvalue weighted by atomic mass is 16.2. The largest absolute Gasteiger partial charge is 0.312 e. The molecule has 0 bridgehead atoms. The van der Waals surface area contributed by atoms with Gasteiger partial charge < -0.3 is 4.90 Å². The Kier molecular flexibility index (Phi) is 4.66. The van der Waals surface area contributed by atoms with Crippen LogP contribution in [0, 0.1) is 13.8 Å². The number of carbonyl (C=O) groups excluding carboxylic acids is 1. The molecule has 0 spiro atoms. The predicted octanol–water partition coefficient (Wildman–Crippen LogP) is 3.18. The van der Waals surface area contributed by atoms with E-state index in [1.807, 2.05) is 54.3 Å². The first kappa shape index (κ1) is 19.2. The number of anilines is 1. The van der Waals surface area contributed by atoms with Gasteiger partial charge in [-0.2, -0.15) is 5.10 Å². The Morgan fingerprint density at radius 1 is 1.06 bits per heavy atom. The molecule has 1 aliphatic heterocycles. The second-order valence-electron chi connectivity index (χ2n) is 7.92. The van der Waals surface area contributed by atoms with E-state index in [-0.39, 0.29) is 17.9 Å². The van der Waals surface area contributed by atoms with Gasteiger partial charge in [0, 0.05) is 25.2 Å². The van der Waals surface area contributed by atoms with Crippen LogP contribution in [-0.2, 0) is 17.8 Å². The standard InChI is InChI=1S/C24H23N5O2/c1-16-7-9-19(10-8-16)29-23-20(15-25-29)24(31)27(17(2)26-23)14-12-22(30)28-13-11-18-5-3-4-6-21(18)28/h3-10,15H,11-14H2,1-2H3. The lowest BCUT2D eigenvalue weighted by molar-refractivity contribution is -0.118. The van der Waals surface area contributed by atoms with E-state index in [4.69, 9.17) is 0 Å². The van der Waals surface area contributed by atoms with Gasteiger partial charge in [-0.15, -0.1) is 0 Å². The van der Waals surface area contributed by atoms with E-state index in [0.29, 0.717) is 29.9 Å². The number of hydrogen-bond donors (Lipinski definition) is 0. The summed E-state index contributed by atoms with van der Waals surface area (Å²) in [5.74, 6) is 0.590. The van der Waals surface area contributed by atoms with Gasteiger partial charge >= 0.3 is 0 Å². The zero-order valence-corrected chi connectivity index (χ0v) is 17.6. The van der Waals surface area contributed by atoms with Crippen molar-refractivity contribution in [3.8, 4) is 5.69 Å². The predicted molar refractivity (Wildman–Crippen MR) is 120 cm³/mol. The Balaban J connectivity index is 1.42. The number of nitrogens with zero attached hydrogens (tertiary/aromatic N) is 5. The SMILES string of the molecule is Cc1ccc(-n2ncc3c(=O)n(CCC(=O)N4CCc5ccccc54)c(C)nc32)cc1. The fourth-order valence-electron chi connectivity index (χ4n) is 4.18. The Morgan fingerprint density at radius 2 is 1.84 bits per heavy atom. The normalized spacial score (nSPS) is 13.0. The first-order valence-electron chi connectivity index (χ1n) is 10.4. The molecule has 0 saturated heterocycles. The van der Waals surface area contributed by atoms with Crippen molar-refractivity contribution in [2.24, 2.45) is 0 Å². The number of benzene rings is 2. The molecule has 0 radical (unpaired) electrons. The van der Waals surface area contributed by atoms with Gasteiger partial charge in [-0.1, -0.05) is 35.9 Å². The lowest BCUT2D eigenvalue weighted by Gasteiger charge is -2.18. The zero-order valence-electron chi connectivity index (χ0n) is 17.6. The van der Waals surface area contributed by atoms with E-state index in [1.165, 1.54) is 5.56 Å². The van der Waals surface area contributed by atoms with Crippen molar-refractivity contribution >= 4 is 22.6 Å². The quantitative estimate of drug-likeness (QED) is 0.515. The molecule has 0 aliphatic carbocycles. The molecule has 0 unspecified atom stereocenters. The van der Waals surface area contributed by atoms with Gasteiger partial charge in [0.1, 0.15) is 11.2 Å². The summed E-state index contributed by atoms with van der Waals surface area (Å²) in [6, 6.07) is 15.9. The van der Waals surface area contributed by atoms with E-state index in [0.717, 1.165) is 23.4 Å². The van der Waals surface area contributed by atoms with Crippen LogP contribution in [0.15, 0.2) is 59.5 Å². The number of aryl methyl sites for hydroxylation is 2. The molecule has 1 aliphatic rings. The number of hydrogen-bond acceptors (Lipinski definition) is 4. The van der Waals surface area contributed by atoms with Crippen molar-refractivity contribution < 1.29 is 4.79 Å². The van der Waals surface area contributed by atoms with Crippen molar-refractivity contribution in [2.45, 2.75) is 33.2 Å². The molecule has 0 saturated carbocycles. The molecule has 2 aromatic heterocycles. The van der Waals surface area contributed by atoms with Crippen molar-refractivity contribution in [3.05, 3.63) is 82.0 Å². The van der Waals surface area contributed by atoms with Gasteiger partial charge in [-0.05, 0) is 44.0 Å². The summed E-state index contributed by atoms with van der Waals surface area (Å²) in [5.41, 5.74) is 4.53. The van der Waals surface area contributed by atoms with Crippen LogP contribution in [0.25, 0.3) is 16.7 Å². The number of fused-ring (bicyclic) bond motifs is 2. The molecule has 3 heterocycles. The van der Waals surface area contributed by atoms with Crippen molar-refractivity contribution in [1.82, 2.24) is 19.3 Å². The van der Waals surface area contributed by atoms with Crippen LogP contribution in [0.4, 0.5) is 5.69 Å². The number of amides is 1. The first-order valence-corrected chi connectivity index (χ1v) is 10.4. The highest BCUT2D eigenvalue weighted by molar-refractivity contribution is 5.95. The fraction of sp³-hybridized carbons (Fsp3) is 0.250. The summed E-state index contributed by atoms with van der Waals surface area (Å²) >= 11 is 0.